The molecule has 3 nitrogen and oxygen atoms in total. The highest BCUT2D eigenvalue weighted by atomic mass is 32.2. The third-order valence-corrected chi connectivity index (χ3v) is 4.69. The van der Waals surface area contributed by atoms with E-state index in [0.29, 0.717) is 5.82 Å². The maximum atomic E-state index is 5.68. The van der Waals surface area contributed by atoms with Gasteiger partial charge in [0.05, 0.1) is 0 Å². The van der Waals surface area contributed by atoms with Crippen LogP contribution in [0.25, 0.3) is 0 Å². The Morgan fingerprint density at radius 2 is 2.50 bits per heavy atom. The number of nitrogens with two attached hydrogens (primary N) is 1. The molecular formula is C9H15N3S2. The summed E-state index contributed by atoms with van der Waals surface area (Å²) < 4.78 is 4.11. The fourth-order valence-electron chi connectivity index (χ4n) is 1.49. The first-order valence-corrected chi connectivity index (χ1v) is 6.73. The van der Waals surface area contributed by atoms with Gasteiger partial charge in [-0.2, -0.15) is 16.1 Å². The molecule has 5 heteroatoms. The van der Waals surface area contributed by atoms with Gasteiger partial charge in [0.1, 0.15) is 10.8 Å². The van der Waals surface area contributed by atoms with Gasteiger partial charge in [-0.25, -0.2) is 0 Å². The van der Waals surface area contributed by atoms with Gasteiger partial charge >= 0.3 is 0 Å². The molecule has 78 valence electrons. The Labute approximate surface area is 92.6 Å². The van der Waals surface area contributed by atoms with Gasteiger partial charge in [-0.05, 0) is 42.3 Å². The lowest BCUT2D eigenvalue weighted by molar-refractivity contribution is 0.632. The number of hydrogen-bond donors (Lipinski definition) is 2. The summed E-state index contributed by atoms with van der Waals surface area (Å²) in [5.41, 5.74) is 6.78. The third kappa shape index (κ3) is 2.15. The molecular weight excluding hydrogens is 214 g/mol. The summed E-state index contributed by atoms with van der Waals surface area (Å²) in [5.74, 6) is 4.09. The van der Waals surface area contributed by atoms with Crippen LogP contribution in [0, 0.1) is 12.8 Å². The molecule has 1 aromatic heterocycles. The average Bonchev–Trinajstić information content (AvgIpc) is 2.77. The topological polar surface area (TPSA) is 50.9 Å². The second-order valence-electron chi connectivity index (χ2n) is 3.63. The Kier molecular flexibility index (Phi) is 3.18. The van der Waals surface area contributed by atoms with Crippen molar-refractivity contribution in [2.24, 2.45) is 5.92 Å². The van der Waals surface area contributed by atoms with Crippen molar-refractivity contribution in [3.8, 4) is 0 Å². The second-order valence-corrected chi connectivity index (χ2v) is 5.56. The molecule has 2 rings (SSSR count). The number of nitrogens with zero attached hydrogens (tertiary/aromatic N) is 1. The summed E-state index contributed by atoms with van der Waals surface area (Å²) in [6.07, 6.45) is 1.34. The summed E-state index contributed by atoms with van der Waals surface area (Å²) in [6, 6.07) is 0. The highest BCUT2D eigenvalue weighted by Crippen LogP contribution is 2.28. The van der Waals surface area contributed by atoms with Crippen LogP contribution in [0.5, 0.6) is 0 Å². The zero-order chi connectivity index (χ0) is 9.97. The van der Waals surface area contributed by atoms with Crippen LogP contribution in [0.4, 0.5) is 10.8 Å². The Bertz CT molecular complexity index is 305. The van der Waals surface area contributed by atoms with E-state index in [2.05, 4.69) is 9.69 Å². The summed E-state index contributed by atoms with van der Waals surface area (Å²) in [7, 11) is 0. The van der Waals surface area contributed by atoms with Gasteiger partial charge in [0.25, 0.3) is 0 Å². The minimum atomic E-state index is 0.665. The highest BCUT2D eigenvalue weighted by Gasteiger charge is 2.16. The molecule has 0 aliphatic carbocycles. The van der Waals surface area contributed by atoms with Crippen LogP contribution in [0.2, 0.25) is 0 Å². The smallest absolute Gasteiger partial charge is 0.142 e. The number of anilines is 2. The van der Waals surface area contributed by atoms with E-state index in [9.17, 15) is 0 Å². The van der Waals surface area contributed by atoms with Crippen LogP contribution in [0.15, 0.2) is 0 Å². The lowest BCUT2D eigenvalue weighted by Gasteiger charge is -2.09. The number of thioether (sulfide) groups is 1. The van der Waals surface area contributed by atoms with Crippen LogP contribution in [-0.2, 0) is 0 Å². The summed E-state index contributed by atoms with van der Waals surface area (Å²) in [6.45, 7) is 3.08. The van der Waals surface area contributed by atoms with E-state index in [0.717, 1.165) is 23.0 Å². The molecule has 0 radical (unpaired) electrons. The van der Waals surface area contributed by atoms with E-state index in [1.165, 1.54) is 29.5 Å². The van der Waals surface area contributed by atoms with E-state index in [1.54, 1.807) is 0 Å². The second kappa shape index (κ2) is 4.40. The molecule has 0 amide bonds. The number of hydrogen-bond acceptors (Lipinski definition) is 5. The van der Waals surface area contributed by atoms with Crippen LogP contribution in [-0.4, -0.2) is 22.4 Å². The lowest BCUT2D eigenvalue weighted by Crippen LogP contribution is -2.13. The van der Waals surface area contributed by atoms with E-state index in [1.807, 2.05) is 18.7 Å². The van der Waals surface area contributed by atoms with E-state index < -0.39 is 0 Å². The van der Waals surface area contributed by atoms with Crippen LogP contribution in [0.1, 0.15) is 12.0 Å². The standard InChI is InChI=1S/C9H15N3S2/c1-6-8(10)12-14-9(6)11-4-7-2-3-13-5-7/h7,11H,2-5H2,1H3,(H2,10,12). The van der Waals surface area contributed by atoms with Crippen LogP contribution in [0.3, 0.4) is 0 Å². The Morgan fingerprint density at radius 3 is 3.07 bits per heavy atom. The quantitative estimate of drug-likeness (QED) is 0.834. The Hall–Kier alpha value is -0.420. The molecule has 1 aliphatic rings. The first kappa shape index (κ1) is 10.1. The van der Waals surface area contributed by atoms with Crippen LogP contribution < -0.4 is 11.1 Å². The van der Waals surface area contributed by atoms with Gasteiger partial charge in [-0.3, -0.25) is 0 Å². The predicted octanol–water partition coefficient (Wildman–Crippen LogP) is 2.20. The molecule has 0 bridgehead atoms. The van der Waals surface area contributed by atoms with Gasteiger partial charge in [0, 0.05) is 12.1 Å². The first-order chi connectivity index (χ1) is 6.77. The summed E-state index contributed by atoms with van der Waals surface area (Å²) in [5, 5.41) is 4.58. The van der Waals surface area contributed by atoms with Crippen LogP contribution >= 0.6 is 23.3 Å². The zero-order valence-corrected chi connectivity index (χ0v) is 9.88. The number of rotatable bonds is 3. The SMILES string of the molecule is Cc1c(N)nsc1NCC1CCSC1. The monoisotopic (exact) mass is 229 g/mol. The maximum Gasteiger partial charge on any atom is 0.142 e. The Morgan fingerprint density at radius 1 is 1.64 bits per heavy atom. The predicted molar refractivity (Wildman–Crippen MR) is 65.2 cm³/mol. The van der Waals surface area contributed by atoms with Gasteiger partial charge in [0.15, 0.2) is 0 Å². The summed E-state index contributed by atoms with van der Waals surface area (Å²) in [4.78, 5) is 0. The highest BCUT2D eigenvalue weighted by molar-refractivity contribution is 7.99. The molecule has 1 aromatic rings. The fraction of sp³-hybridized carbons (Fsp3) is 0.667. The van der Waals surface area contributed by atoms with Gasteiger partial charge in [0.2, 0.25) is 0 Å². The summed E-state index contributed by atoms with van der Waals surface area (Å²) >= 11 is 3.52. The molecule has 1 atom stereocenters. The van der Waals surface area contributed by atoms with Gasteiger partial charge in [-0.1, -0.05) is 0 Å². The van der Waals surface area contributed by atoms with E-state index >= 15 is 0 Å². The van der Waals surface area contributed by atoms with Crippen molar-refractivity contribution >= 4 is 34.1 Å². The molecule has 3 N–H and O–H groups in total. The van der Waals surface area contributed by atoms with Crippen molar-refractivity contribution in [2.75, 3.05) is 29.1 Å². The number of aromatic nitrogens is 1. The van der Waals surface area contributed by atoms with Gasteiger partial charge < -0.3 is 11.1 Å². The molecule has 0 spiro atoms. The Balaban J connectivity index is 1.88. The first-order valence-electron chi connectivity index (χ1n) is 4.80. The van der Waals surface area contributed by atoms with E-state index in [4.69, 9.17) is 5.73 Å². The molecule has 2 heterocycles. The molecule has 0 aromatic carbocycles. The van der Waals surface area contributed by atoms with Crippen molar-refractivity contribution in [3.05, 3.63) is 5.56 Å². The van der Waals surface area contributed by atoms with Crippen molar-refractivity contribution < 1.29 is 0 Å². The minimum absolute atomic E-state index is 0.665. The van der Waals surface area contributed by atoms with Gasteiger partial charge in [-0.15, -0.1) is 0 Å². The normalized spacial score (nSPS) is 21.4. The van der Waals surface area contributed by atoms with Crippen molar-refractivity contribution in [3.63, 3.8) is 0 Å². The molecule has 0 saturated carbocycles. The molecule has 1 unspecified atom stereocenters. The van der Waals surface area contributed by atoms with E-state index in [-0.39, 0.29) is 0 Å². The van der Waals surface area contributed by atoms with Crippen molar-refractivity contribution in [1.82, 2.24) is 4.37 Å². The molecule has 1 aliphatic heterocycles. The number of nitrogen functional groups attached to an aromatic ring is 1. The number of nitrogens with one attached hydrogen (secondary N) is 1. The fourth-order valence-corrected chi connectivity index (χ4v) is 3.49. The third-order valence-electron chi connectivity index (χ3n) is 2.54. The lowest BCUT2D eigenvalue weighted by atomic mass is 10.1. The molecule has 14 heavy (non-hydrogen) atoms. The molecule has 1 fully saturated rings. The van der Waals surface area contributed by atoms with Crippen molar-refractivity contribution in [1.29, 1.82) is 0 Å². The van der Waals surface area contributed by atoms with Crippen molar-refractivity contribution in [2.45, 2.75) is 13.3 Å². The average molecular weight is 229 g/mol. The minimum Gasteiger partial charge on any atom is -0.383 e. The largest absolute Gasteiger partial charge is 0.383 e. The molecule has 1 saturated heterocycles. The zero-order valence-electron chi connectivity index (χ0n) is 8.25. The maximum absolute atomic E-state index is 5.68.